The summed E-state index contributed by atoms with van der Waals surface area (Å²) in [5, 5.41) is 2.92. The molecule has 0 bridgehead atoms. The molecule has 16 heavy (non-hydrogen) atoms. The highest BCUT2D eigenvalue weighted by molar-refractivity contribution is 6.00. The van der Waals surface area contributed by atoms with Gasteiger partial charge in [-0.15, -0.1) is 0 Å². The average molecular weight is 221 g/mol. The number of nitrogens with one attached hydrogen (secondary N) is 1. The Morgan fingerprint density at radius 2 is 2.00 bits per heavy atom. The van der Waals surface area contributed by atoms with Crippen molar-refractivity contribution >= 4 is 17.3 Å². The molecule has 0 aliphatic heterocycles. The highest BCUT2D eigenvalue weighted by Gasteiger charge is 2.19. The molecule has 0 radical (unpaired) electrons. The van der Waals surface area contributed by atoms with Crippen molar-refractivity contribution in [3.05, 3.63) is 23.8 Å². The Morgan fingerprint density at radius 1 is 1.38 bits per heavy atom. The Kier molecular flexibility index (Phi) is 3.42. The highest BCUT2D eigenvalue weighted by Crippen LogP contribution is 2.17. The smallest absolute Gasteiger partial charge is 0.253 e. The molecule has 4 heteroatoms. The third kappa shape index (κ3) is 2.89. The summed E-state index contributed by atoms with van der Waals surface area (Å²) in [5.41, 5.74) is 12.5. The van der Waals surface area contributed by atoms with Crippen LogP contribution in [0.3, 0.4) is 0 Å². The number of carbonyl (C=O) groups excluding carboxylic acids is 1. The molecule has 88 valence electrons. The number of carbonyl (C=O) groups is 1. The van der Waals surface area contributed by atoms with Crippen LogP contribution in [0.1, 0.15) is 37.6 Å². The van der Waals surface area contributed by atoms with Crippen LogP contribution in [-0.2, 0) is 0 Å². The van der Waals surface area contributed by atoms with Crippen LogP contribution in [-0.4, -0.2) is 11.4 Å². The fourth-order valence-electron chi connectivity index (χ4n) is 1.25. The van der Waals surface area contributed by atoms with Crippen molar-refractivity contribution in [1.29, 1.82) is 0 Å². The number of hydrogen-bond acceptors (Lipinski definition) is 3. The topological polar surface area (TPSA) is 81.1 Å². The summed E-state index contributed by atoms with van der Waals surface area (Å²) < 4.78 is 0. The number of rotatable bonds is 3. The summed E-state index contributed by atoms with van der Waals surface area (Å²) in [6.45, 7) is 5.96. The number of amides is 1. The summed E-state index contributed by atoms with van der Waals surface area (Å²) in [5.74, 6) is -0.163. The quantitative estimate of drug-likeness (QED) is 0.680. The van der Waals surface area contributed by atoms with Gasteiger partial charge in [-0.3, -0.25) is 4.79 Å². The normalized spacial score (nSPS) is 11.2. The predicted molar refractivity (Wildman–Crippen MR) is 67.1 cm³/mol. The van der Waals surface area contributed by atoms with E-state index in [9.17, 15) is 4.79 Å². The molecule has 0 heterocycles. The van der Waals surface area contributed by atoms with Crippen molar-refractivity contribution in [2.75, 3.05) is 11.5 Å². The zero-order valence-electron chi connectivity index (χ0n) is 10.0. The molecular formula is C12H19N3O. The zero-order valence-corrected chi connectivity index (χ0v) is 10.0. The largest absolute Gasteiger partial charge is 0.399 e. The van der Waals surface area contributed by atoms with Crippen LogP contribution < -0.4 is 16.8 Å². The van der Waals surface area contributed by atoms with E-state index in [0.717, 1.165) is 6.42 Å². The molecule has 0 aromatic heterocycles. The van der Waals surface area contributed by atoms with Crippen molar-refractivity contribution in [3.8, 4) is 0 Å². The summed E-state index contributed by atoms with van der Waals surface area (Å²) in [7, 11) is 0. The Labute approximate surface area is 96.0 Å². The standard InChI is InChI=1S/C12H19N3O/c1-4-12(2,3)15-11(16)9-6-5-8(13)7-10(9)14/h5-7H,4,13-14H2,1-3H3,(H,15,16). The molecule has 1 rings (SSSR count). The fourth-order valence-corrected chi connectivity index (χ4v) is 1.25. The summed E-state index contributed by atoms with van der Waals surface area (Å²) >= 11 is 0. The lowest BCUT2D eigenvalue weighted by molar-refractivity contribution is 0.0912. The lowest BCUT2D eigenvalue weighted by Gasteiger charge is -2.24. The second kappa shape index (κ2) is 4.43. The van der Waals surface area contributed by atoms with E-state index in [1.165, 1.54) is 0 Å². The van der Waals surface area contributed by atoms with Gasteiger partial charge in [0.25, 0.3) is 5.91 Å². The molecule has 0 atom stereocenters. The molecule has 0 aliphatic rings. The predicted octanol–water partition coefficient (Wildman–Crippen LogP) is 1.77. The molecular weight excluding hydrogens is 202 g/mol. The van der Waals surface area contributed by atoms with Crippen molar-refractivity contribution in [1.82, 2.24) is 5.32 Å². The maximum absolute atomic E-state index is 11.9. The maximum atomic E-state index is 11.9. The van der Waals surface area contributed by atoms with Crippen LogP contribution in [0.4, 0.5) is 11.4 Å². The van der Waals surface area contributed by atoms with Gasteiger partial charge in [-0.1, -0.05) is 6.92 Å². The molecule has 0 spiro atoms. The van der Waals surface area contributed by atoms with Crippen LogP contribution in [0, 0.1) is 0 Å². The molecule has 1 amide bonds. The monoisotopic (exact) mass is 221 g/mol. The maximum Gasteiger partial charge on any atom is 0.253 e. The first-order valence-corrected chi connectivity index (χ1v) is 5.33. The van der Waals surface area contributed by atoms with E-state index in [4.69, 9.17) is 11.5 Å². The molecule has 0 saturated carbocycles. The molecule has 5 N–H and O–H groups in total. The van der Waals surface area contributed by atoms with Crippen molar-refractivity contribution in [2.24, 2.45) is 0 Å². The molecule has 1 aromatic carbocycles. The molecule has 0 aliphatic carbocycles. The fraction of sp³-hybridized carbons (Fsp3) is 0.417. The van der Waals surface area contributed by atoms with Gasteiger partial charge < -0.3 is 16.8 Å². The lowest BCUT2D eigenvalue weighted by Crippen LogP contribution is -2.43. The molecule has 0 unspecified atom stereocenters. The second-order valence-corrected chi connectivity index (χ2v) is 4.54. The van der Waals surface area contributed by atoms with Gasteiger partial charge in [0, 0.05) is 16.9 Å². The van der Waals surface area contributed by atoms with Crippen molar-refractivity contribution < 1.29 is 4.79 Å². The van der Waals surface area contributed by atoms with E-state index in [2.05, 4.69) is 5.32 Å². The van der Waals surface area contributed by atoms with E-state index in [-0.39, 0.29) is 11.4 Å². The van der Waals surface area contributed by atoms with Gasteiger partial charge >= 0.3 is 0 Å². The minimum Gasteiger partial charge on any atom is -0.399 e. The second-order valence-electron chi connectivity index (χ2n) is 4.54. The van der Waals surface area contributed by atoms with E-state index in [1.54, 1.807) is 18.2 Å². The first-order chi connectivity index (χ1) is 7.35. The van der Waals surface area contributed by atoms with Gasteiger partial charge in [0.1, 0.15) is 0 Å². The van der Waals surface area contributed by atoms with Gasteiger partial charge in [-0.25, -0.2) is 0 Å². The Morgan fingerprint density at radius 3 is 2.50 bits per heavy atom. The van der Waals surface area contributed by atoms with Gasteiger partial charge in [-0.05, 0) is 38.5 Å². The Balaban J connectivity index is 2.89. The number of benzene rings is 1. The summed E-state index contributed by atoms with van der Waals surface area (Å²) in [4.78, 5) is 11.9. The van der Waals surface area contributed by atoms with Gasteiger partial charge in [0.15, 0.2) is 0 Å². The van der Waals surface area contributed by atoms with Crippen LogP contribution in [0.25, 0.3) is 0 Å². The highest BCUT2D eigenvalue weighted by atomic mass is 16.1. The van der Waals surface area contributed by atoms with Gasteiger partial charge in [-0.2, -0.15) is 0 Å². The molecule has 0 fully saturated rings. The van der Waals surface area contributed by atoms with E-state index in [0.29, 0.717) is 16.9 Å². The average Bonchev–Trinajstić information content (AvgIpc) is 2.16. The minimum absolute atomic E-state index is 0.163. The Bertz CT molecular complexity index is 399. The first-order valence-electron chi connectivity index (χ1n) is 5.33. The number of nitrogen functional groups attached to an aromatic ring is 2. The van der Waals surface area contributed by atoms with Gasteiger partial charge in [0.05, 0.1) is 5.56 Å². The number of anilines is 2. The van der Waals surface area contributed by atoms with Crippen LogP contribution in [0.2, 0.25) is 0 Å². The minimum atomic E-state index is -0.231. The number of nitrogens with two attached hydrogens (primary N) is 2. The molecule has 0 saturated heterocycles. The zero-order chi connectivity index (χ0) is 12.3. The molecule has 1 aromatic rings. The summed E-state index contributed by atoms with van der Waals surface area (Å²) in [6.07, 6.45) is 0.855. The SMILES string of the molecule is CCC(C)(C)NC(=O)c1ccc(N)cc1N. The summed E-state index contributed by atoms with van der Waals surface area (Å²) in [6, 6.07) is 4.91. The van der Waals surface area contributed by atoms with E-state index in [1.807, 2.05) is 20.8 Å². The lowest BCUT2D eigenvalue weighted by atomic mass is 10.0. The Hall–Kier alpha value is -1.71. The van der Waals surface area contributed by atoms with Gasteiger partial charge in [0.2, 0.25) is 0 Å². The third-order valence-corrected chi connectivity index (χ3v) is 2.66. The first kappa shape index (κ1) is 12.4. The van der Waals surface area contributed by atoms with Crippen molar-refractivity contribution in [2.45, 2.75) is 32.7 Å². The third-order valence-electron chi connectivity index (χ3n) is 2.66. The number of hydrogen-bond donors (Lipinski definition) is 3. The van der Waals surface area contributed by atoms with Crippen LogP contribution in [0.5, 0.6) is 0 Å². The van der Waals surface area contributed by atoms with E-state index >= 15 is 0 Å². The van der Waals surface area contributed by atoms with Crippen LogP contribution in [0.15, 0.2) is 18.2 Å². The molecule has 4 nitrogen and oxygen atoms in total. The van der Waals surface area contributed by atoms with E-state index < -0.39 is 0 Å². The van der Waals surface area contributed by atoms with Crippen molar-refractivity contribution in [3.63, 3.8) is 0 Å². The van der Waals surface area contributed by atoms with Crippen LogP contribution >= 0.6 is 0 Å².